The van der Waals surface area contributed by atoms with E-state index < -0.39 is 17.1 Å². The van der Waals surface area contributed by atoms with Gasteiger partial charge in [0.15, 0.2) is 17.6 Å². The summed E-state index contributed by atoms with van der Waals surface area (Å²) < 4.78 is 10.5. The number of rotatable bonds is 4. The SMILES string of the molecule is COC1C(=O)CC1Oc1c(C)cccc1[N+](=O)[O-]. The number of carbonyl (C=O) groups is 1. The average molecular weight is 251 g/mol. The number of methoxy groups -OCH3 is 1. The first kappa shape index (κ1) is 12.5. The Labute approximate surface area is 104 Å². The maximum Gasteiger partial charge on any atom is 0.311 e. The number of nitrogens with zero attached hydrogens (tertiary/aromatic N) is 1. The van der Waals surface area contributed by atoms with Gasteiger partial charge >= 0.3 is 5.69 Å². The molecule has 0 amide bonds. The van der Waals surface area contributed by atoms with E-state index in [1.54, 1.807) is 19.1 Å². The summed E-state index contributed by atoms with van der Waals surface area (Å²) >= 11 is 0. The summed E-state index contributed by atoms with van der Waals surface area (Å²) in [7, 11) is 1.42. The van der Waals surface area contributed by atoms with Crippen molar-refractivity contribution in [2.75, 3.05) is 7.11 Å². The molecule has 1 aromatic rings. The number of benzene rings is 1. The molecule has 0 bridgehead atoms. The molecule has 6 heteroatoms. The van der Waals surface area contributed by atoms with Crippen molar-refractivity contribution >= 4 is 11.5 Å². The molecule has 1 aliphatic carbocycles. The first-order valence-electron chi connectivity index (χ1n) is 5.50. The Morgan fingerprint density at radius 2 is 2.17 bits per heavy atom. The number of para-hydroxylation sites is 1. The number of hydrogen-bond acceptors (Lipinski definition) is 5. The minimum Gasteiger partial charge on any atom is -0.480 e. The Kier molecular flexibility index (Phi) is 3.29. The Morgan fingerprint density at radius 1 is 1.44 bits per heavy atom. The van der Waals surface area contributed by atoms with Crippen molar-refractivity contribution in [3.05, 3.63) is 33.9 Å². The number of aryl methyl sites for hydroxylation is 1. The molecule has 0 aliphatic heterocycles. The molecule has 2 rings (SSSR count). The second kappa shape index (κ2) is 4.73. The van der Waals surface area contributed by atoms with Gasteiger partial charge in [-0.25, -0.2) is 0 Å². The second-order valence-corrected chi connectivity index (χ2v) is 4.16. The van der Waals surface area contributed by atoms with E-state index in [4.69, 9.17) is 9.47 Å². The van der Waals surface area contributed by atoms with E-state index in [-0.39, 0.29) is 23.6 Å². The molecule has 0 heterocycles. The van der Waals surface area contributed by atoms with Crippen molar-refractivity contribution in [1.82, 2.24) is 0 Å². The fraction of sp³-hybridized carbons (Fsp3) is 0.417. The molecule has 0 aromatic heterocycles. The van der Waals surface area contributed by atoms with Crippen LogP contribution < -0.4 is 4.74 Å². The summed E-state index contributed by atoms with van der Waals surface area (Å²) in [6.07, 6.45) is -0.837. The first-order chi connectivity index (χ1) is 8.54. The number of nitro benzene ring substituents is 1. The summed E-state index contributed by atoms with van der Waals surface area (Å²) in [4.78, 5) is 21.6. The Balaban J connectivity index is 2.24. The van der Waals surface area contributed by atoms with Crippen LogP contribution in [-0.4, -0.2) is 30.0 Å². The zero-order valence-corrected chi connectivity index (χ0v) is 10.1. The van der Waals surface area contributed by atoms with Crippen LogP contribution in [0.2, 0.25) is 0 Å². The standard InChI is InChI=1S/C12H13NO5/c1-7-4-3-5-8(13(15)16)11(7)18-10-6-9(14)12(10)17-2/h3-5,10,12H,6H2,1-2H3. The van der Waals surface area contributed by atoms with Crippen molar-refractivity contribution in [3.63, 3.8) is 0 Å². The third kappa shape index (κ3) is 2.06. The topological polar surface area (TPSA) is 78.7 Å². The molecule has 1 fully saturated rings. The third-order valence-corrected chi connectivity index (χ3v) is 2.97. The molecular weight excluding hydrogens is 238 g/mol. The van der Waals surface area contributed by atoms with Crippen molar-refractivity contribution in [2.45, 2.75) is 25.6 Å². The highest BCUT2D eigenvalue weighted by molar-refractivity contribution is 5.90. The largest absolute Gasteiger partial charge is 0.480 e. The molecule has 2 unspecified atom stereocenters. The molecule has 6 nitrogen and oxygen atoms in total. The van der Waals surface area contributed by atoms with Crippen LogP contribution in [-0.2, 0) is 9.53 Å². The van der Waals surface area contributed by atoms with E-state index in [0.717, 1.165) is 0 Å². The summed E-state index contributed by atoms with van der Waals surface area (Å²) in [5.41, 5.74) is 0.572. The van der Waals surface area contributed by atoms with Crippen LogP contribution in [0, 0.1) is 17.0 Å². The summed E-state index contributed by atoms with van der Waals surface area (Å²) in [5, 5.41) is 10.9. The highest BCUT2D eigenvalue weighted by Crippen LogP contribution is 2.34. The van der Waals surface area contributed by atoms with Gasteiger partial charge in [0.25, 0.3) is 0 Å². The smallest absolute Gasteiger partial charge is 0.311 e. The second-order valence-electron chi connectivity index (χ2n) is 4.16. The van der Waals surface area contributed by atoms with Gasteiger partial charge in [0.05, 0.1) is 4.92 Å². The maximum atomic E-state index is 11.2. The van der Waals surface area contributed by atoms with Crippen LogP contribution in [0.5, 0.6) is 5.75 Å². The van der Waals surface area contributed by atoms with E-state index in [9.17, 15) is 14.9 Å². The number of hydrogen-bond donors (Lipinski definition) is 0. The lowest BCUT2D eigenvalue weighted by Crippen LogP contribution is -2.51. The predicted molar refractivity (Wildman–Crippen MR) is 62.7 cm³/mol. The van der Waals surface area contributed by atoms with Gasteiger partial charge in [-0.2, -0.15) is 0 Å². The van der Waals surface area contributed by atoms with Gasteiger partial charge in [-0.3, -0.25) is 14.9 Å². The van der Waals surface area contributed by atoms with Gasteiger partial charge in [-0.05, 0) is 12.5 Å². The van der Waals surface area contributed by atoms with Crippen molar-refractivity contribution < 1.29 is 19.2 Å². The zero-order valence-electron chi connectivity index (χ0n) is 10.1. The molecular formula is C12H13NO5. The molecule has 18 heavy (non-hydrogen) atoms. The lowest BCUT2D eigenvalue weighted by Gasteiger charge is -2.33. The predicted octanol–water partition coefficient (Wildman–Crippen LogP) is 1.64. The van der Waals surface area contributed by atoms with E-state index >= 15 is 0 Å². The lowest BCUT2D eigenvalue weighted by molar-refractivity contribution is -0.386. The van der Waals surface area contributed by atoms with Crippen LogP contribution in [0.1, 0.15) is 12.0 Å². The Hall–Kier alpha value is -1.95. The fourth-order valence-corrected chi connectivity index (χ4v) is 1.94. The summed E-state index contributed by atoms with van der Waals surface area (Å²) in [6, 6.07) is 4.70. The molecule has 0 radical (unpaired) electrons. The quantitative estimate of drug-likeness (QED) is 0.600. The number of ether oxygens (including phenoxy) is 2. The van der Waals surface area contributed by atoms with E-state index in [1.165, 1.54) is 13.2 Å². The Morgan fingerprint density at radius 3 is 2.72 bits per heavy atom. The van der Waals surface area contributed by atoms with Crippen LogP contribution in [0.3, 0.4) is 0 Å². The highest BCUT2D eigenvalue weighted by Gasteiger charge is 2.43. The molecule has 0 N–H and O–H groups in total. The van der Waals surface area contributed by atoms with E-state index in [1.807, 2.05) is 0 Å². The molecule has 96 valence electrons. The minimum absolute atomic E-state index is 0.0428. The normalized spacial score (nSPS) is 22.4. The van der Waals surface area contributed by atoms with Gasteiger partial charge in [0.1, 0.15) is 6.10 Å². The molecule has 1 aliphatic rings. The van der Waals surface area contributed by atoms with Crippen LogP contribution in [0.15, 0.2) is 18.2 Å². The number of nitro groups is 1. The third-order valence-electron chi connectivity index (χ3n) is 2.97. The fourth-order valence-electron chi connectivity index (χ4n) is 1.94. The maximum absolute atomic E-state index is 11.2. The van der Waals surface area contributed by atoms with Crippen LogP contribution in [0.25, 0.3) is 0 Å². The molecule has 1 saturated carbocycles. The molecule has 2 atom stereocenters. The molecule has 1 aromatic carbocycles. The first-order valence-corrected chi connectivity index (χ1v) is 5.50. The minimum atomic E-state index is -0.621. The lowest BCUT2D eigenvalue weighted by atomic mass is 9.90. The summed E-state index contributed by atoms with van der Waals surface area (Å²) in [5.74, 6) is 0.167. The van der Waals surface area contributed by atoms with Gasteiger partial charge in [0.2, 0.25) is 0 Å². The van der Waals surface area contributed by atoms with Gasteiger partial charge in [-0.1, -0.05) is 12.1 Å². The van der Waals surface area contributed by atoms with Crippen molar-refractivity contribution in [3.8, 4) is 5.75 Å². The van der Waals surface area contributed by atoms with Gasteiger partial charge in [0, 0.05) is 19.6 Å². The summed E-state index contributed by atoms with van der Waals surface area (Å²) in [6.45, 7) is 1.73. The van der Waals surface area contributed by atoms with Crippen LogP contribution >= 0.6 is 0 Å². The Bertz CT molecular complexity index is 499. The van der Waals surface area contributed by atoms with Crippen molar-refractivity contribution in [2.24, 2.45) is 0 Å². The van der Waals surface area contributed by atoms with Crippen LogP contribution in [0.4, 0.5) is 5.69 Å². The average Bonchev–Trinajstić information content (AvgIpc) is 2.30. The van der Waals surface area contributed by atoms with Crippen molar-refractivity contribution in [1.29, 1.82) is 0 Å². The number of ketones is 1. The number of Topliss-reactive ketones (excluding diaryl/α,β-unsaturated/α-hetero) is 1. The zero-order chi connectivity index (χ0) is 13.3. The highest BCUT2D eigenvalue weighted by atomic mass is 16.6. The van der Waals surface area contributed by atoms with E-state index in [0.29, 0.717) is 5.56 Å². The van der Waals surface area contributed by atoms with E-state index in [2.05, 4.69) is 0 Å². The molecule has 0 saturated heterocycles. The van der Waals surface area contributed by atoms with Gasteiger partial charge in [-0.15, -0.1) is 0 Å². The monoisotopic (exact) mass is 251 g/mol. The molecule has 0 spiro atoms. The number of carbonyl (C=O) groups excluding carboxylic acids is 1. The van der Waals surface area contributed by atoms with Gasteiger partial charge < -0.3 is 9.47 Å².